The van der Waals surface area contributed by atoms with Crippen molar-refractivity contribution in [3.05, 3.63) is 40.5 Å². The zero-order valence-electron chi connectivity index (χ0n) is 8.63. The first-order valence-corrected chi connectivity index (χ1v) is 5.34. The van der Waals surface area contributed by atoms with Crippen molar-refractivity contribution in [2.24, 2.45) is 5.73 Å². The molecule has 78 valence electrons. The van der Waals surface area contributed by atoms with Crippen LogP contribution in [0.3, 0.4) is 0 Å². The fourth-order valence-electron chi connectivity index (χ4n) is 1.78. The molecular formula is C12H13ClN2. The van der Waals surface area contributed by atoms with Gasteiger partial charge in [0.2, 0.25) is 0 Å². The Hall–Kier alpha value is -1.12. The van der Waals surface area contributed by atoms with Crippen molar-refractivity contribution in [2.45, 2.75) is 13.3 Å². The van der Waals surface area contributed by atoms with Crippen LogP contribution in [-0.4, -0.2) is 11.5 Å². The average Bonchev–Trinajstić information content (AvgIpc) is 2.26. The van der Waals surface area contributed by atoms with E-state index in [1.54, 1.807) is 6.20 Å². The second kappa shape index (κ2) is 4.17. The van der Waals surface area contributed by atoms with Crippen LogP contribution in [0.25, 0.3) is 10.9 Å². The van der Waals surface area contributed by atoms with Crippen LogP contribution >= 0.6 is 11.6 Å². The fraction of sp³-hybridized carbons (Fsp3) is 0.250. The van der Waals surface area contributed by atoms with Crippen molar-refractivity contribution in [2.75, 3.05) is 6.54 Å². The average molecular weight is 221 g/mol. The molecule has 2 aromatic rings. The summed E-state index contributed by atoms with van der Waals surface area (Å²) in [5.41, 5.74) is 8.67. The van der Waals surface area contributed by atoms with Crippen molar-refractivity contribution in [3.63, 3.8) is 0 Å². The number of hydrogen-bond acceptors (Lipinski definition) is 2. The summed E-state index contributed by atoms with van der Waals surface area (Å²) in [5, 5.41) is 1.93. The highest BCUT2D eigenvalue weighted by molar-refractivity contribution is 6.33. The summed E-state index contributed by atoms with van der Waals surface area (Å²) in [4.78, 5) is 4.33. The number of aromatic nitrogens is 1. The van der Waals surface area contributed by atoms with E-state index in [1.165, 1.54) is 0 Å². The Bertz CT molecular complexity index is 494. The minimum absolute atomic E-state index is 0.616. The third-order valence-electron chi connectivity index (χ3n) is 2.55. The van der Waals surface area contributed by atoms with E-state index < -0.39 is 0 Å². The predicted molar refractivity (Wildman–Crippen MR) is 64.2 cm³/mol. The third-order valence-corrected chi connectivity index (χ3v) is 3.07. The summed E-state index contributed by atoms with van der Waals surface area (Å²) in [5.74, 6) is 0. The molecule has 0 bridgehead atoms. The van der Waals surface area contributed by atoms with Gasteiger partial charge in [-0.05, 0) is 43.1 Å². The van der Waals surface area contributed by atoms with Crippen molar-refractivity contribution >= 4 is 22.5 Å². The van der Waals surface area contributed by atoms with Crippen molar-refractivity contribution < 1.29 is 0 Å². The number of pyridine rings is 1. The lowest BCUT2D eigenvalue weighted by Crippen LogP contribution is -2.04. The summed E-state index contributed by atoms with van der Waals surface area (Å²) in [6, 6.07) is 6.05. The number of rotatable bonds is 2. The van der Waals surface area contributed by atoms with Gasteiger partial charge in [0.25, 0.3) is 0 Å². The molecule has 0 atom stereocenters. The molecule has 0 aliphatic rings. The molecule has 0 unspecified atom stereocenters. The topological polar surface area (TPSA) is 38.9 Å². The summed E-state index contributed by atoms with van der Waals surface area (Å²) < 4.78 is 0. The monoisotopic (exact) mass is 220 g/mol. The molecular weight excluding hydrogens is 208 g/mol. The van der Waals surface area contributed by atoms with Crippen LogP contribution in [0.15, 0.2) is 24.4 Å². The second-order valence-electron chi connectivity index (χ2n) is 3.59. The van der Waals surface area contributed by atoms with Gasteiger partial charge in [0.05, 0.1) is 5.52 Å². The molecule has 1 aromatic carbocycles. The first-order valence-electron chi connectivity index (χ1n) is 4.97. The van der Waals surface area contributed by atoms with E-state index in [0.29, 0.717) is 6.54 Å². The molecule has 0 radical (unpaired) electrons. The van der Waals surface area contributed by atoms with Crippen molar-refractivity contribution in [1.82, 2.24) is 4.98 Å². The Balaban J connectivity index is 2.71. The largest absolute Gasteiger partial charge is 0.330 e. The number of aryl methyl sites for hydroxylation is 1. The maximum Gasteiger partial charge on any atom is 0.0746 e. The number of nitrogens with zero attached hydrogens (tertiary/aromatic N) is 1. The van der Waals surface area contributed by atoms with E-state index in [-0.39, 0.29) is 0 Å². The van der Waals surface area contributed by atoms with E-state index >= 15 is 0 Å². The highest BCUT2D eigenvalue weighted by Gasteiger charge is 2.08. The Morgan fingerprint density at radius 3 is 3.00 bits per heavy atom. The van der Waals surface area contributed by atoms with Crippen LogP contribution in [0.4, 0.5) is 0 Å². The van der Waals surface area contributed by atoms with E-state index in [4.69, 9.17) is 17.3 Å². The van der Waals surface area contributed by atoms with Gasteiger partial charge in [0.15, 0.2) is 0 Å². The van der Waals surface area contributed by atoms with Gasteiger partial charge in [-0.2, -0.15) is 0 Å². The molecule has 2 rings (SSSR count). The van der Waals surface area contributed by atoms with E-state index in [1.807, 2.05) is 19.1 Å². The third kappa shape index (κ3) is 1.83. The number of hydrogen-bond donors (Lipinski definition) is 1. The smallest absolute Gasteiger partial charge is 0.0746 e. The molecule has 0 saturated heterocycles. The van der Waals surface area contributed by atoms with Gasteiger partial charge in [-0.25, -0.2) is 0 Å². The van der Waals surface area contributed by atoms with Gasteiger partial charge in [-0.1, -0.05) is 17.7 Å². The Kier molecular flexibility index (Phi) is 2.89. The molecule has 0 saturated carbocycles. The molecule has 0 aliphatic heterocycles. The summed E-state index contributed by atoms with van der Waals surface area (Å²) in [7, 11) is 0. The first-order chi connectivity index (χ1) is 7.24. The van der Waals surface area contributed by atoms with Gasteiger partial charge in [0.1, 0.15) is 0 Å². The number of nitrogens with two attached hydrogens (primary N) is 1. The fourth-order valence-corrected chi connectivity index (χ4v) is 2.02. The number of benzene rings is 1. The van der Waals surface area contributed by atoms with Gasteiger partial charge < -0.3 is 5.73 Å². The predicted octanol–water partition coefficient (Wildman–Crippen LogP) is 2.70. The molecule has 0 spiro atoms. The highest BCUT2D eigenvalue weighted by atomic mass is 35.5. The standard InChI is InChI=1S/C12H13ClN2/c1-8-11(13)9(4-5-14)7-10-3-2-6-15-12(8)10/h2-3,6-7H,4-5,14H2,1H3. The van der Waals surface area contributed by atoms with Crippen LogP contribution < -0.4 is 5.73 Å². The van der Waals surface area contributed by atoms with Gasteiger partial charge in [0, 0.05) is 16.6 Å². The minimum Gasteiger partial charge on any atom is -0.330 e. The number of fused-ring (bicyclic) bond motifs is 1. The zero-order valence-corrected chi connectivity index (χ0v) is 9.38. The molecule has 2 N–H and O–H groups in total. The Morgan fingerprint density at radius 1 is 1.47 bits per heavy atom. The van der Waals surface area contributed by atoms with Crippen LogP contribution in [0.5, 0.6) is 0 Å². The quantitative estimate of drug-likeness (QED) is 0.845. The Morgan fingerprint density at radius 2 is 2.27 bits per heavy atom. The van der Waals surface area contributed by atoms with Crippen molar-refractivity contribution in [3.8, 4) is 0 Å². The number of halogens is 1. The van der Waals surface area contributed by atoms with E-state index in [2.05, 4.69) is 11.1 Å². The molecule has 2 nitrogen and oxygen atoms in total. The van der Waals surface area contributed by atoms with E-state index in [0.717, 1.165) is 33.5 Å². The maximum atomic E-state index is 6.26. The normalized spacial score (nSPS) is 10.9. The van der Waals surface area contributed by atoms with Crippen LogP contribution in [0, 0.1) is 6.92 Å². The molecule has 15 heavy (non-hydrogen) atoms. The molecule has 3 heteroatoms. The Labute approximate surface area is 94.1 Å². The van der Waals surface area contributed by atoms with Crippen LogP contribution in [0.1, 0.15) is 11.1 Å². The highest BCUT2D eigenvalue weighted by Crippen LogP contribution is 2.28. The lowest BCUT2D eigenvalue weighted by atomic mass is 10.0. The summed E-state index contributed by atoms with van der Waals surface area (Å²) >= 11 is 6.26. The van der Waals surface area contributed by atoms with Gasteiger partial charge in [-0.15, -0.1) is 0 Å². The first kappa shape index (κ1) is 10.4. The van der Waals surface area contributed by atoms with E-state index in [9.17, 15) is 0 Å². The lowest BCUT2D eigenvalue weighted by molar-refractivity contribution is 0.969. The second-order valence-corrected chi connectivity index (χ2v) is 3.97. The lowest BCUT2D eigenvalue weighted by Gasteiger charge is -2.09. The molecule has 1 aromatic heterocycles. The summed E-state index contributed by atoms with van der Waals surface area (Å²) in [6.07, 6.45) is 2.60. The van der Waals surface area contributed by atoms with Gasteiger partial charge in [-0.3, -0.25) is 4.98 Å². The minimum atomic E-state index is 0.616. The molecule has 0 amide bonds. The maximum absolute atomic E-state index is 6.26. The van der Waals surface area contributed by atoms with Crippen LogP contribution in [0.2, 0.25) is 5.02 Å². The zero-order chi connectivity index (χ0) is 10.8. The SMILES string of the molecule is Cc1c(Cl)c(CCN)cc2cccnc12. The van der Waals surface area contributed by atoms with Crippen LogP contribution in [-0.2, 0) is 6.42 Å². The molecule has 0 fully saturated rings. The van der Waals surface area contributed by atoms with Gasteiger partial charge >= 0.3 is 0 Å². The molecule has 0 aliphatic carbocycles. The van der Waals surface area contributed by atoms with Crippen molar-refractivity contribution in [1.29, 1.82) is 0 Å². The molecule has 1 heterocycles. The summed E-state index contributed by atoms with van der Waals surface area (Å²) in [6.45, 7) is 2.61.